The smallest absolute Gasteiger partial charge is 0.280 e. The van der Waals surface area contributed by atoms with Gasteiger partial charge in [-0.05, 0) is 30.3 Å². The number of fused-ring (bicyclic) bond motifs is 3. The van der Waals surface area contributed by atoms with Crippen LogP contribution in [0.15, 0.2) is 53.5 Å². The lowest BCUT2D eigenvalue weighted by atomic mass is 10.1. The fourth-order valence-corrected chi connectivity index (χ4v) is 2.67. The van der Waals surface area contributed by atoms with Crippen LogP contribution < -0.4 is 10.3 Å². The van der Waals surface area contributed by atoms with Crippen molar-refractivity contribution in [2.24, 2.45) is 0 Å². The second-order valence-corrected chi connectivity index (χ2v) is 5.13. The maximum absolute atomic E-state index is 14.0. The summed E-state index contributed by atoms with van der Waals surface area (Å²) in [6.45, 7) is 0. The van der Waals surface area contributed by atoms with Gasteiger partial charge in [0.1, 0.15) is 17.3 Å². The van der Waals surface area contributed by atoms with Crippen molar-refractivity contribution in [1.82, 2.24) is 14.8 Å². The summed E-state index contributed by atoms with van der Waals surface area (Å²) in [5, 5.41) is 4.13. The molecule has 4 aromatic rings. The quantitative estimate of drug-likeness (QED) is 0.619. The summed E-state index contributed by atoms with van der Waals surface area (Å²) in [6.07, 6.45) is 1.50. The van der Waals surface area contributed by atoms with Crippen LogP contribution in [0.4, 0.5) is 4.39 Å². The van der Waals surface area contributed by atoms with Gasteiger partial charge in [0.2, 0.25) is 0 Å². The van der Waals surface area contributed by atoms with Gasteiger partial charge in [0.05, 0.1) is 23.5 Å². The van der Waals surface area contributed by atoms with E-state index in [0.717, 1.165) is 10.9 Å². The Hall–Kier alpha value is -3.15. The van der Waals surface area contributed by atoms with Gasteiger partial charge in [-0.25, -0.2) is 9.07 Å². The van der Waals surface area contributed by atoms with E-state index in [1.165, 1.54) is 16.9 Å². The van der Waals surface area contributed by atoms with Gasteiger partial charge in [-0.3, -0.25) is 14.9 Å². The van der Waals surface area contributed by atoms with Gasteiger partial charge in [-0.2, -0.15) is 0 Å². The number of nitrogens with one attached hydrogen (secondary N) is 1. The van der Waals surface area contributed by atoms with Crippen molar-refractivity contribution in [1.29, 1.82) is 0 Å². The number of ether oxygens (including phenoxy) is 1. The normalized spacial score (nSPS) is 11.2. The Morgan fingerprint density at radius 3 is 2.78 bits per heavy atom. The number of aromatic nitrogens is 3. The number of benzene rings is 2. The standard InChI is InChI=1S/C17H12FN3O2/c1-23-10-6-7-14-11(8-10)16-12(9-19-14)17(22)21(20-16)15-5-3-2-4-13(15)18/h2-9,20H,1H3. The zero-order chi connectivity index (χ0) is 16.0. The van der Waals surface area contributed by atoms with E-state index in [2.05, 4.69) is 10.1 Å². The third kappa shape index (κ3) is 1.99. The van der Waals surface area contributed by atoms with Crippen molar-refractivity contribution in [2.75, 3.05) is 7.11 Å². The SMILES string of the molecule is COc1ccc2ncc3c(=O)n(-c4ccccc4F)[nH]c3c2c1. The van der Waals surface area contributed by atoms with E-state index in [0.29, 0.717) is 16.7 Å². The van der Waals surface area contributed by atoms with Crippen LogP contribution in [0.25, 0.3) is 27.5 Å². The van der Waals surface area contributed by atoms with E-state index in [9.17, 15) is 9.18 Å². The largest absolute Gasteiger partial charge is 0.497 e. The Labute approximate surface area is 129 Å². The third-order valence-corrected chi connectivity index (χ3v) is 3.83. The molecule has 114 valence electrons. The zero-order valence-electron chi connectivity index (χ0n) is 12.2. The minimum absolute atomic E-state index is 0.171. The highest BCUT2D eigenvalue weighted by molar-refractivity contribution is 6.03. The minimum Gasteiger partial charge on any atom is -0.497 e. The fraction of sp³-hybridized carbons (Fsp3) is 0.0588. The molecule has 0 spiro atoms. The molecule has 4 rings (SSSR count). The number of methoxy groups -OCH3 is 1. The number of aromatic amines is 1. The molecule has 0 bridgehead atoms. The Bertz CT molecular complexity index is 1100. The predicted octanol–water partition coefficient (Wildman–Crippen LogP) is 3.01. The number of pyridine rings is 1. The van der Waals surface area contributed by atoms with E-state index in [4.69, 9.17) is 4.74 Å². The molecule has 0 fully saturated rings. The molecule has 2 aromatic heterocycles. The molecule has 2 heterocycles. The van der Waals surface area contributed by atoms with Crippen LogP contribution >= 0.6 is 0 Å². The minimum atomic E-state index is -0.476. The van der Waals surface area contributed by atoms with Crippen LogP contribution in [-0.2, 0) is 0 Å². The van der Waals surface area contributed by atoms with Crippen LogP contribution in [0.1, 0.15) is 0 Å². The molecule has 0 atom stereocenters. The summed E-state index contributed by atoms with van der Waals surface area (Å²) in [6, 6.07) is 11.5. The summed E-state index contributed by atoms with van der Waals surface area (Å²) in [5.74, 6) is 0.183. The van der Waals surface area contributed by atoms with Crippen molar-refractivity contribution in [2.45, 2.75) is 0 Å². The Morgan fingerprint density at radius 2 is 2.00 bits per heavy atom. The summed E-state index contributed by atoms with van der Waals surface area (Å²) < 4.78 is 20.4. The number of rotatable bonds is 2. The third-order valence-electron chi connectivity index (χ3n) is 3.83. The molecule has 23 heavy (non-hydrogen) atoms. The lowest BCUT2D eigenvalue weighted by Gasteiger charge is -2.03. The number of nitrogens with zero attached hydrogens (tertiary/aromatic N) is 2. The molecule has 0 radical (unpaired) electrons. The second kappa shape index (κ2) is 4.95. The predicted molar refractivity (Wildman–Crippen MR) is 85.7 cm³/mol. The van der Waals surface area contributed by atoms with Crippen LogP contribution in [0.2, 0.25) is 0 Å². The first-order chi connectivity index (χ1) is 11.2. The number of halogens is 1. The first kappa shape index (κ1) is 13.5. The van der Waals surface area contributed by atoms with Gasteiger partial charge < -0.3 is 4.74 Å². The molecule has 6 heteroatoms. The molecule has 1 N–H and O–H groups in total. The van der Waals surface area contributed by atoms with E-state index in [1.54, 1.807) is 37.4 Å². The Kier molecular flexibility index (Phi) is 2.90. The molecule has 5 nitrogen and oxygen atoms in total. The van der Waals surface area contributed by atoms with Gasteiger partial charge in [0.15, 0.2) is 0 Å². The number of H-pyrrole nitrogens is 1. The highest BCUT2D eigenvalue weighted by Gasteiger charge is 2.14. The molecule has 2 aromatic carbocycles. The molecule has 0 saturated heterocycles. The Morgan fingerprint density at radius 1 is 1.17 bits per heavy atom. The van der Waals surface area contributed by atoms with Crippen molar-refractivity contribution >= 4 is 21.8 Å². The van der Waals surface area contributed by atoms with Gasteiger partial charge >= 0.3 is 0 Å². The van der Waals surface area contributed by atoms with Gasteiger partial charge in [-0.1, -0.05) is 12.1 Å². The van der Waals surface area contributed by atoms with E-state index in [-0.39, 0.29) is 11.2 Å². The maximum Gasteiger partial charge on any atom is 0.280 e. The first-order valence-electron chi connectivity index (χ1n) is 7.01. The van der Waals surface area contributed by atoms with Crippen molar-refractivity contribution < 1.29 is 9.13 Å². The van der Waals surface area contributed by atoms with E-state index >= 15 is 0 Å². The molecular formula is C17H12FN3O2. The first-order valence-corrected chi connectivity index (χ1v) is 7.01. The highest BCUT2D eigenvalue weighted by Crippen LogP contribution is 2.25. The summed E-state index contributed by atoms with van der Waals surface area (Å²) in [4.78, 5) is 16.9. The molecule has 0 aliphatic carbocycles. The van der Waals surface area contributed by atoms with Crippen LogP contribution in [0, 0.1) is 5.82 Å². The van der Waals surface area contributed by atoms with Crippen molar-refractivity contribution in [3.8, 4) is 11.4 Å². The molecule has 0 saturated carbocycles. The number of hydrogen-bond donors (Lipinski definition) is 1. The van der Waals surface area contributed by atoms with Crippen LogP contribution in [0.3, 0.4) is 0 Å². The number of para-hydroxylation sites is 1. The van der Waals surface area contributed by atoms with Crippen molar-refractivity contribution in [3.63, 3.8) is 0 Å². The average Bonchev–Trinajstić information content (AvgIpc) is 2.92. The lowest BCUT2D eigenvalue weighted by Crippen LogP contribution is -2.15. The molecule has 0 amide bonds. The summed E-state index contributed by atoms with van der Waals surface area (Å²) in [7, 11) is 1.57. The van der Waals surface area contributed by atoms with Crippen LogP contribution in [0.5, 0.6) is 5.75 Å². The lowest BCUT2D eigenvalue weighted by molar-refractivity contribution is 0.415. The molecule has 0 aliphatic heterocycles. The maximum atomic E-state index is 14.0. The van der Waals surface area contributed by atoms with E-state index in [1.807, 2.05) is 6.07 Å². The summed E-state index contributed by atoms with van der Waals surface area (Å²) in [5.41, 5.74) is 1.15. The topological polar surface area (TPSA) is 59.9 Å². The van der Waals surface area contributed by atoms with Crippen molar-refractivity contribution in [3.05, 3.63) is 64.8 Å². The summed E-state index contributed by atoms with van der Waals surface area (Å²) >= 11 is 0. The second-order valence-electron chi connectivity index (χ2n) is 5.13. The highest BCUT2D eigenvalue weighted by atomic mass is 19.1. The van der Waals surface area contributed by atoms with E-state index < -0.39 is 5.82 Å². The van der Waals surface area contributed by atoms with Gasteiger partial charge in [0, 0.05) is 11.6 Å². The monoisotopic (exact) mass is 309 g/mol. The Balaban J connectivity index is 2.09. The molecule has 0 unspecified atom stereocenters. The van der Waals surface area contributed by atoms with Gasteiger partial charge in [-0.15, -0.1) is 0 Å². The zero-order valence-corrected chi connectivity index (χ0v) is 12.2. The number of hydrogen-bond acceptors (Lipinski definition) is 3. The van der Waals surface area contributed by atoms with Crippen LogP contribution in [-0.4, -0.2) is 21.9 Å². The average molecular weight is 309 g/mol. The molecule has 0 aliphatic rings. The molecular weight excluding hydrogens is 297 g/mol. The van der Waals surface area contributed by atoms with Gasteiger partial charge in [0.25, 0.3) is 5.56 Å². The fourth-order valence-electron chi connectivity index (χ4n) is 2.67.